The Morgan fingerprint density at radius 1 is 0.618 bits per heavy atom. The van der Waals surface area contributed by atoms with E-state index in [1.54, 1.807) is 6.92 Å². The minimum absolute atomic E-state index is 0. The predicted molar refractivity (Wildman–Crippen MR) is 303 cm³/mol. The topological polar surface area (TPSA) is 0 Å². The Balaban J connectivity index is -0.0000000763. The van der Waals surface area contributed by atoms with E-state index in [9.17, 15) is 0 Å². The van der Waals surface area contributed by atoms with Crippen LogP contribution in [0.4, 0.5) is 0 Å². The van der Waals surface area contributed by atoms with Gasteiger partial charge in [0.2, 0.25) is 0 Å². The quantitative estimate of drug-likeness (QED) is 0.0544. The summed E-state index contributed by atoms with van der Waals surface area (Å²) in [6, 6.07) is 10.9. The van der Waals surface area contributed by atoms with Gasteiger partial charge in [-0.2, -0.15) is 50.5 Å². The summed E-state index contributed by atoms with van der Waals surface area (Å²) in [6.07, 6.45) is 29.7. The molecule has 3 aliphatic carbocycles. The van der Waals surface area contributed by atoms with Gasteiger partial charge in [-0.05, 0) is 30.1 Å². The van der Waals surface area contributed by atoms with Crippen LogP contribution in [0, 0.1) is 153 Å². The average molecular weight is 1780 g/mol. The molecule has 4 radical (unpaired) electrons. The third-order valence-electron chi connectivity index (χ3n) is 15.1. The van der Waals surface area contributed by atoms with Crippen LogP contribution in [0.15, 0.2) is 30.3 Å². The molecule has 4 rings (SSSR count). The van der Waals surface area contributed by atoms with Crippen LogP contribution in [0.1, 0.15) is 183 Å². The van der Waals surface area contributed by atoms with E-state index in [0.29, 0.717) is 17.8 Å². The van der Waals surface area contributed by atoms with E-state index in [2.05, 4.69) is 142 Å². The van der Waals surface area contributed by atoms with Gasteiger partial charge in [0.25, 0.3) is 0 Å². The number of rotatable bonds is 25. The zero-order valence-corrected chi connectivity index (χ0v) is 67.8. The van der Waals surface area contributed by atoms with Crippen molar-refractivity contribution in [2.45, 2.75) is 184 Å². The molecule has 10 heteroatoms. The van der Waals surface area contributed by atoms with Crippen LogP contribution in [0.3, 0.4) is 0 Å². The van der Waals surface area contributed by atoms with Crippen LogP contribution in [-0.2, 0) is 161 Å². The summed E-state index contributed by atoms with van der Waals surface area (Å²) in [7, 11) is 0. The largest absolute Gasteiger partial charge is 2.00 e. The first-order valence-electron chi connectivity index (χ1n) is 24.0. The van der Waals surface area contributed by atoms with Gasteiger partial charge in [0.05, 0.1) is 0 Å². The smallest absolute Gasteiger partial charge is 0 e. The minimum atomic E-state index is 0. The Bertz CT molecular complexity index is 1080. The monoisotopic (exact) mass is 1780 g/mol. The van der Waals surface area contributed by atoms with Crippen LogP contribution in [-0.4, -0.2) is 23.9 Å². The van der Waals surface area contributed by atoms with Crippen molar-refractivity contribution in [1.29, 1.82) is 0 Å². The van der Waals surface area contributed by atoms with Crippen molar-refractivity contribution in [3.05, 3.63) is 106 Å². The van der Waals surface area contributed by atoms with E-state index in [-0.39, 0.29) is 200 Å². The molecule has 3 saturated carbocycles. The van der Waals surface area contributed by atoms with Gasteiger partial charge >= 0.3 is 103 Å². The summed E-state index contributed by atoms with van der Waals surface area (Å²) in [5.74, 6) is 11.2. The maximum absolute atomic E-state index is 4.50. The predicted octanol–water partition coefficient (Wildman–Crippen LogP) is 17.8. The fourth-order valence-corrected chi connectivity index (χ4v) is 11.4. The van der Waals surface area contributed by atoms with Crippen LogP contribution >= 0.6 is 13.5 Å². The first-order valence-corrected chi connectivity index (χ1v) is 25.3. The van der Waals surface area contributed by atoms with Crippen LogP contribution in [0.25, 0.3) is 0 Å². The van der Waals surface area contributed by atoms with Crippen LogP contribution in [0.2, 0.25) is 0 Å². The summed E-state index contributed by atoms with van der Waals surface area (Å²) in [4.78, 5) is 0. The second kappa shape index (κ2) is 63.0. The second-order valence-corrected chi connectivity index (χ2v) is 18.6. The Hall–Kier alpha value is 5.12. The van der Waals surface area contributed by atoms with Gasteiger partial charge in [0.15, 0.2) is 0 Å². The van der Waals surface area contributed by atoms with E-state index in [4.69, 9.17) is 0 Å². The SMILES string of the molecule is C.S.S=S.[CH2-]C.[CH2-]C1[CH-]C(Cc2ccccc2)C1CCC(CCC)CCC.[CH2-]CC1C([CH2-])C(C)C1CCC([CH2-])CCCCC(CCC)CCC1C(C)C([CH2-])C1CCC.[CH3-].[CH3-].[CH3-].[Mn+2].[SnH2].[W+2].[W+2].[W].[Y].[Zn+2]. The molecule has 0 aromatic heterocycles. The summed E-state index contributed by atoms with van der Waals surface area (Å²) < 4.78 is 0. The molecule has 0 bridgehead atoms. The maximum atomic E-state index is 4.50. The molecule has 0 heterocycles. The first kappa shape index (κ1) is 102. The second-order valence-electron chi connectivity index (χ2n) is 18.6. The molecule has 0 N–H and O–H groups in total. The fraction of sp³-hybridized carbons (Fsp3) is 0.724. The molecular weight excluding hydrogens is 1670 g/mol. The molecule has 3 aliphatic rings. The average Bonchev–Trinajstić information content (AvgIpc) is 3.22. The van der Waals surface area contributed by atoms with Gasteiger partial charge in [-0.3, -0.25) is 0 Å². The van der Waals surface area contributed by atoms with Gasteiger partial charge in [-0.15, -0.1) is 5.92 Å². The molecule has 0 spiro atoms. The summed E-state index contributed by atoms with van der Waals surface area (Å²) in [5.41, 5.74) is 1.48. The van der Waals surface area contributed by atoms with E-state index in [1.165, 1.54) is 128 Å². The van der Waals surface area contributed by atoms with Crippen molar-refractivity contribution in [2.75, 3.05) is 0 Å². The molecule has 0 amide bonds. The molecule has 13 unspecified atom stereocenters. The zero-order valence-electron chi connectivity index (χ0n) is 45.3. The molecule has 0 nitrogen and oxygen atoms in total. The molecular formula is C58H110MnS3SnW3YZn-2. The van der Waals surface area contributed by atoms with Crippen molar-refractivity contribution >= 4 is 59.8 Å². The van der Waals surface area contributed by atoms with Crippen molar-refractivity contribution in [3.63, 3.8) is 0 Å². The van der Waals surface area contributed by atoms with Gasteiger partial charge in [-0.25, -0.2) is 0 Å². The summed E-state index contributed by atoms with van der Waals surface area (Å²) in [5, 5.41) is 0. The third-order valence-corrected chi connectivity index (χ3v) is 15.1. The van der Waals surface area contributed by atoms with Gasteiger partial charge < -0.3 is 76.2 Å². The van der Waals surface area contributed by atoms with E-state index in [1.807, 2.05) is 0 Å². The van der Waals surface area contributed by atoms with Crippen LogP contribution < -0.4 is 0 Å². The number of unbranched alkanes of at least 4 members (excludes halogenated alkanes) is 1. The number of hydrogen-bond donors (Lipinski definition) is 0. The van der Waals surface area contributed by atoms with E-state index >= 15 is 0 Å². The maximum Gasteiger partial charge on any atom is 2.00 e. The molecule has 13 atom stereocenters. The molecule has 1 aromatic carbocycles. The first-order chi connectivity index (χ1) is 27.1. The standard InChI is InChI=1S/C31H56.C21H32.C2H5.CH4.3CH3.Mn.S2.H2S.Sn.3W.Y.Zn.2H/c1-9-14-27(19-21-31-26(8)25(7)29(31)15-10-2)17-13-12-16-22(4)18-20-30-24(6)23(5)28(30)11-3;1-4-9-18(10-5-2)13-14-21-17(3)15-20(21)16-19-11-7-6-8-12-19;1-2;;;;;;1-2;;;;;;;;;/h22-31H,3-5,7,9-21H2,1-2,6,8H3;6-8,11-12,15,17-18,20-21H,3-5,9-10,13-14,16H2,1-2H3;1H2,2H3;1H4;3*1H3;;;1H2;;;;;;;;/q-4;-2;-1;;3*-1;+2;;;;;2*+2;;+2;;. The Morgan fingerprint density at radius 2 is 1.01 bits per heavy atom. The fourth-order valence-electron chi connectivity index (χ4n) is 11.4. The molecule has 0 saturated heterocycles. The summed E-state index contributed by atoms with van der Waals surface area (Å²) in [6.45, 7) is 41.0. The van der Waals surface area contributed by atoms with Crippen molar-refractivity contribution in [3.8, 4) is 0 Å². The molecule has 68 heavy (non-hydrogen) atoms. The zero-order chi connectivity index (χ0) is 42.0. The molecule has 1 aromatic rings. The Morgan fingerprint density at radius 3 is 1.44 bits per heavy atom. The normalized spacial score (nSPS) is 24.8. The Kier molecular flexibility index (Phi) is 94.3. The van der Waals surface area contributed by atoms with Gasteiger partial charge in [-0.1, -0.05) is 224 Å². The van der Waals surface area contributed by atoms with Gasteiger partial charge in [0.1, 0.15) is 0 Å². The van der Waals surface area contributed by atoms with Crippen molar-refractivity contribution < 1.29 is 132 Å². The summed E-state index contributed by atoms with van der Waals surface area (Å²) >= 11 is 7.33. The third kappa shape index (κ3) is 37.1. The molecule has 396 valence electrons. The van der Waals surface area contributed by atoms with E-state index < -0.39 is 0 Å². The van der Waals surface area contributed by atoms with Crippen molar-refractivity contribution in [1.82, 2.24) is 0 Å². The van der Waals surface area contributed by atoms with Crippen molar-refractivity contribution in [2.24, 2.45) is 82.9 Å². The van der Waals surface area contributed by atoms with Crippen LogP contribution in [0.5, 0.6) is 0 Å². The molecule has 3 fully saturated rings. The van der Waals surface area contributed by atoms with E-state index in [0.717, 1.165) is 71.5 Å². The molecule has 0 aliphatic heterocycles. The Labute approximate surface area is 557 Å². The number of benzene rings is 1. The van der Waals surface area contributed by atoms with Gasteiger partial charge in [0, 0.05) is 76.2 Å². The minimum Gasteiger partial charge on any atom is 0 e. The number of hydrogen-bond acceptors (Lipinski definition) is 2.